The fourth-order valence-electron chi connectivity index (χ4n) is 3.78. The van der Waals surface area contributed by atoms with Gasteiger partial charge in [-0.15, -0.1) is 0 Å². The first-order chi connectivity index (χ1) is 15.3. The molecule has 0 atom stereocenters. The first kappa shape index (κ1) is 21.7. The quantitative estimate of drug-likeness (QED) is 0.661. The lowest BCUT2D eigenvalue weighted by Crippen LogP contribution is -2.32. The van der Waals surface area contributed by atoms with Crippen molar-refractivity contribution in [2.45, 2.75) is 38.8 Å². The van der Waals surface area contributed by atoms with Crippen LogP contribution in [0.1, 0.15) is 43.4 Å². The molecule has 1 fully saturated rings. The molecule has 0 spiro atoms. The number of carbonyl (C=O) groups is 2. The highest BCUT2D eigenvalue weighted by molar-refractivity contribution is 5.97. The predicted molar refractivity (Wildman–Crippen MR) is 125 cm³/mol. The molecule has 2 aliphatic rings. The Hall–Kier alpha value is -3.54. The van der Waals surface area contributed by atoms with Crippen LogP contribution in [-0.4, -0.2) is 24.5 Å². The lowest BCUT2D eigenvalue weighted by atomic mass is 9.99. The summed E-state index contributed by atoms with van der Waals surface area (Å²) in [5.41, 5.74) is 8.15. The highest BCUT2D eigenvalue weighted by Crippen LogP contribution is 2.42. The van der Waals surface area contributed by atoms with E-state index in [2.05, 4.69) is 0 Å². The Kier molecular flexibility index (Phi) is 5.78. The second-order valence-corrected chi connectivity index (χ2v) is 8.74. The maximum absolute atomic E-state index is 13.2. The molecular weight excluding hydrogens is 404 g/mol. The van der Waals surface area contributed by atoms with Gasteiger partial charge in [0.15, 0.2) is 11.5 Å². The van der Waals surface area contributed by atoms with Gasteiger partial charge in [-0.3, -0.25) is 9.59 Å². The van der Waals surface area contributed by atoms with Crippen molar-refractivity contribution >= 4 is 29.7 Å². The molecule has 6 heteroatoms. The molecule has 1 aliphatic carbocycles. The summed E-state index contributed by atoms with van der Waals surface area (Å²) >= 11 is 0. The van der Waals surface area contributed by atoms with Crippen molar-refractivity contribution in [3.05, 3.63) is 65.2 Å². The molecule has 0 aromatic heterocycles. The average molecular weight is 433 g/mol. The molecule has 4 rings (SSSR count). The van der Waals surface area contributed by atoms with Crippen LogP contribution in [0.25, 0.3) is 12.2 Å². The number of ether oxygens (including phenoxy) is 2. The summed E-state index contributed by atoms with van der Waals surface area (Å²) in [6.07, 6.45) is 8.81. The maximum atomic E-state index is 13.2. The van der Waals surface area contributed by atoms with E-state index in [0.29, 0.717) is 18.0 Å². The first-order valence-corrected chi connectivity index (χ1v) is 10.7. The summed E-state index contributed by atoms with van der Waals surface area (Å²) in [7, 11) is 1.62. The minimum absolute atomic E-state index is 0.0431. The van der Waals surface area contributed by atoms with E-state index in [4.69, 9.17) is 15.2 Å². The van der Waals surface area contributed by atoms with Crippen molar-refractivity contribution < 1.29 is 19.1 Å². The van der Waals surface area contributed by atoms with Crippen molar-refractivity contribution in [1.82, 2.24) is 0 Å². The molecule has 32 heavy (non-hydrogen) atoms. The number of methoxy groups -OCH3 is 1. The van der Waals surface area contributed by atoms with Crippen molar-refractivity contribution in [3.8, 4) is 11.5 Å². The van der Waals surface area contributed by atoms with Gasteiger partial charge >= 0.3 is 0 Å². The third-order valence-electron chi connectivity index (χ3n) is 5.60. The van der Waals surface area contributed by atoms with Gasteiger partial charge in [-0.25, -0.2) is 0 Å². The summed E-state index contributed by atoms with van der Waals surface area (Å²) in [4.78, 5) is 26.1. The number of nitrogens with two attached hydrogens (primary N) is 1. The minimum atomic E-state index is -0.517. The van der Waals surface area contributed by atoms with Gasteiger partial charge in [0.1, 0.15) is 5.60 Å². The number of nitrogens with zero attached hydrogens (tertiary/aromatic N) is 1. The monoisotopic (exact) mass is 432 g/mol. The van der Waals surface area contributed by atoms with Gasteiger partial charge < -0.3 is 20.1 Å². The normalized spacial score (nSPS) is 16.3. The summed E-state index contributed by atoms with van der Waals surface area (Å²) in [5.74, 6) is 0.938. The van der Waals surface area contributed by atoms with Crippen molar-refractivity contribution in [1.29, 1.82) is 0 Å². The van der Waals surface area contributed by atoms with Gasteiger partial charge in [-0.2, -0.15) is 0 Å². The van der Waals surface area contributed by atoms with Crippen LogP contribution in [0.4, 0.5) is 5.69 Å². The fourth-order valence-corrected chi connectivity index (χ4v) is 3.78. The number of hydrogen-bond acceptors (Lipinski definition) is 4. The number of hydrogen-bond donors (Lipinski definition) is 1. The summed E-state index contributed by atoms with van der Waals surface area (Å²) in [6, 6.07) is 11.5. The van der Waals surface area contributed by atoms with Crippen LogP contribution in [-0.2, 0) is 16.1 Å². The molecule has 2 amide bonds. The third kappa shape index (κ3) is 4.69. The lowest BCUT2D eigenvalue weighted by Gasteiger charge is -2.31. The Morgan fingerprint density at radius 3 is 2.72 bits per heavy atom. The number of fused-ring (bicyclic) bond motifs is 1. The van der Waals surface area contributed by atoms with Crippen molar-refractivity contribution in [2.75, 3.05) is 12.0 Å². The van der Waals surface area contributed by atoms with E-state index in [1.54, 1.807) is 18.1 Å². The number of rotatable bonds is 7. The number of anilines is 1. The standard InChI is InChI=1S/C26H28N2O4/c1-26(2)14-13-18-8-11-20(23(31-3)24(18)32-26)16-28(25(30)19-9-10-19)21-6-4-5-17(15-21)7-12-22(27)29/h4-8,11-15,19H,9-10,16H2,1-3H3,(H2,27,29)/b12-7+. The number of benzene rings is 2. The molecule has 2 N–H and O–H groups in total. The van der Waals surface area contributed by atoms with Gasteiger partial charge in [0.25, 0.3) is 0 Å². The first-order valence-electron chi connectivity index (χ1n) is 10.7. The van der Waals surface area contributed by atoms with E-state index < -0.39 is 11.5 Å². The van der Waals surface area contributed by atoms with Crippen LogP contribution in [0.2, 0.25) is 0 Å². The summed E-state index contributed by atoms with van der Waals surface area (Å²) < 4.78 is 12.0. The van der Waals surface area contributed by atoms with E-state index >= 15 is 0 Å². The zero-order valence-electron chi connectivity index (χ0n) is 18.6. The third-order valence-corrected chi connectivity index (χ3v) is 5.60. The largest absolute Gasteiger partial charge is 0.492 e. The highest BCUT2D eigenvalue weighted by atomic mass is 16.5. The van der Waals surface area contributed by atoms with E-state index in [9.17, 15) is 9.59 Å². The van der Waals surface area contributed by atoms with Crippen LogP contribution >= 0.6 is 0 Å². The number of amides is 2. The lowest BCUT2D eigenvalue weighted by molar-refractivity contribution is -0.120. The van der Waals surface area contributed by atoms with E-state index in [1.807, 2.05) is 62.4 Å². The van der Waals surface area contributed by atoms with Crippen LogP contribution in [0, 0.1) is 5.92 Å². The molecule has 0 unspecified atom stereocenters. The van der Waals surface area contributed by atoms with Crippen LogP contribution in [0.3, 0.4) is 0 Å². The van der Waals surface area contributed by atoms with E-state index in [0.717, 1.165) is 35.2 Å². The zero-order chi connectivity index (χ0) is 22.9. The molecule has 6 nitrogen and oxygen atoms in total. The molecule has 1 saturated carbocycles. The number of primary amides is 1. The van der Waals surface area contributed by atoms with Crippen LogP contribution in [0.5, 0.6) is 11.5 Å². The Bertz CT molecular complexity index is 1110. The van der Waals surface area contributed by atoms with Gasteiger partial charge in [-0.05, 0) is 56.5 Å². The van der Waals surface area contributed by atoms with E-state index in [1.165, 1.54) is 6.08 Å². The number of carbonyl (C=O) groups excluding carboxylic acids is 2. The average Bonchev–Trinajstić information content (AvgIpc) is 3.60. The Morgan fingerprint density at radius 2 is 2.03 bits per heavy atom. The molecule has 1 aliphatic heterocycles. The molecule has 2 aromatic carbocycles. The highest BCUT2D eigenvalue weighted by Gasteiger charge is 2.35. The predicted octanol–water partition coefficient (Wildman–Crippen LogP) is 4.32. The smallest absolute Gasteiger partial charge is 0.241 e. The van der Waals surface area contributed by atoms with Crippen molar-refractivity contribution in [3.63, 3.8) is 0 Å². The molecule has 166 valence electrons. The molecule has 1 heterocycles. The zero-order valence-corrected chi connectivity index (χ0v) is 18.6. The minimum Gasteiger partial charge on any atom is -0.492 e. The van der Waals surface area contributed by atoms with Gasteiger partial charge in [0.2, 0.25) is 11.8 Å². The Morgan fingerprint density at radius 1 is 1.25 bits per heavy atom. The Balaban J connectivity index is 1.71. The molecule has 0 saturated heterocycles. The molecule has 2 aromatic rings. The molecule has 0 bridgehead atoms. The van der Waals surface area contributed by atoms with Crippen LogP contribution in [0.15, 0.2) is 48.6 Å². The Labute approximate surface area is 188 Å². The van der Waals surface area contributed by atoms with Crippen LogP contribution < -0.4 is 20.1 Å². The van der Waals surface area contributed by atoms with Crippen molar-refractivity contribution in [2.24, 2.45) is 11.7 Å². The topological polar surface area (TPSA) is 81.9 Å². The SMILES string of the molecule is COc1c(CN(C(=O)C2CC2)c2cccc(/C=C/C(N)=O)c2)ccc2c1OC(C)(C)C=C2. The van der Waals surface area contributed by atoms with Gasteiger partial charge in [0.05, 0.1) is 13.7 Å². The summed E-state index contributed by atoms with van der Waals surface area (Å²) in [6.45, 7) is 4.33. The summed E-state index contributed by atoms with van der Waals surface area (Å²) in [5, 5.41) is 0. The second-order valence-electron chi connectivity index (χ2n) is 8.74. The molecule has 0 radical (unpaired) electrons. The van der Waals surface area contributed by atoms with Gasteiger partial charge in [0, 0.05) is 28.8 Å². The van der Waals surface area contributed by atoms with Gasteiger partial charge in [-0.1, -0.05) is 30.3 Å². The fraction of sp³-hybridized carbons (Fsp3) is 0.308. The second kappa shape index (κ2) is 8.54. The maximum Gasteiger partial charge on any atom is 0.241 e. The molecular formula is C26H28N2O4. The van der Waals surface area contributed by atoms with E-state index in [-0.39, 0.29) is 11.8 Å².